The maximum absolute atomic E-state index is 12.3. The van der Waals surface area contributed by atoms with Crippen molar-refractivity contribution in [1.82, 2.24) is 19.0 Å². The maximum atomic E-state index is 12.3. The minimum absolute atomic E-state index is 0.0329. The van der Waals surface area contributed by atoms with E-state index in [9.17, 15) is 13.2 Å². The zero-order valence-corrected chi connectivity index (χ0v) is 18.9. The highest BCUT2D eigenvalue weighted by Gasteiger charge is 2.27. The number of pyridine rings is 1. The lowest BCUT2D eigenvalue weighted by Crippen LogP contribution is -2.34. The standard InChI is InChI=1S/C21H25ClN4O3S/c1-24-17-7-6-14(9-18(17)25(2)21(24)27)12-26-8-4-5-15(13-26)20-19(30(3,28)29)10-16(22)11-23-20/h6-7,9-11,15H,4-5,8,12-13H2,1-3H3. The minimum Gasteiger partial charge on any atom is -0.298 e. The van der Waals surface area contributed by atoms with E-state index in [1.807, 2.05) is 12.1 Å². The third kappa shape index (κ3) is 3.91. The van der Waals surface area contributed by atoms with Gasteiger partial charge in [-0.3, -0.25) is 19.0 Å². The van der Waals surface area contributed by atoms with Gasteiger partial charge in [0.05, 0.1) is 26.6 Å². The van der Waals surface area contributed by atoms with Crippen LogP contribution in [0.5, 0.6) is 0 Å². The molecule has 0 spiro atoms. The first-order valence-electron chi connectivity index (χ1n) is 9.87. The molecule has 3 aromatic rings. The first-order chi connectivity index (χ1) is 14.1. The number of aromatic nitrogens is 3. The number of likely N-dealkylation sites (tertiary alicyclic amines) is 1. The summed E-state index contributed by atoms with van der Waals surface area (Å²) in [5.41, 5.74) is 3.50. The molecule has 2 aromatic heterocycles. The fourth-order valence-corrected chi connectivity index (χ4v) is 5.53. The smallest absolute Gasteiger partial charge is 0.298 e. The molecule has 4 rings (SSSR count). The number of hydrogen-bond donors (Lipinski definition) is 0. The van der Waals surface area contributed by atoms with Crippen LogP contribution in [0, 0.1) is 0 Å². The molecule has 1 aliphatic rings. The van der Waals surface area contributed by atoms with Gasteiger partial charge in [0.2, 0.25) is 0 Å². The summed E-state index contributed by atoms with van der Waals surface area (Å²) in [7, 11) is 0.145. The van der Waals surface area contributed by atoms with Crippen molar-refractivity contribution in [3.05, 3.63) is 57.2 Å². The van der Waals surface area contributed by atoms with Gasteiger partial charge < -0.3 is 0 Å². The molecule has 1 fully saturated rings. The highest BCUT2D eigenvalue weighted by atomic mass is 35.5. The van der Waals surface area contributed by atoms with Gasteiger partial charge in [0.15, 0.2) is 9.84 Å². The largest absolute Gasteiger partial charge is 0.328 e. The zero-order chi connectivity index (χ0) is 21.6. The van der Waals surface area contributed by atoms with Crippen molar-refractivity contribution < 1.29 is 8.42 Å². The summed E-state index contributed by atoms with van der Waals surface area (Å²) in [6.07, 6.45) is 4.57. The van der Waals surface area contributed by atoms with Gasteiger partial charge in [-0.1, -0.05) is 17.7 Å². The van der Waals surface area contributed by atoms with Crippen LogP contribution in [0.1, 0.15) is 30.0 Å². The summed E-state index contributed by atoms with van der Waals surface area (Å²) >= 11 is 6.01. The highest BCUT2D eigenvalue weighted by molar-refractivity contribution is 7.90. The van der Waals surface area contributed by atoms with Crippen LogP contribution in [0.25, 0.3) is 11.0 Å². The molecular formula is C21H25ClN4O3S. The second-order valence-electron chi connectivity index (χ2n) is 8.11. The summed E-state index contributed by atoms with van der Waals surface area (Å²) in [4.78, 5) is 19.1. The van der Waals surface area contributed by atoms with Crippen LogP contribution < -0.4 is 5.69 Å². The van der Waals surface area contributed by atoms with Gasteiger partial charge in [0, 0.05) is 45.6 Å². The number of nitrogens with zero attached hydrogens (tertiary/aromatic N) is 4. The van der Waals surface area contributed by atoms with Crippen LogP contribution >= 0.6 is 11.6 Å². The van der Waals surface area contributed by atoms with Crippen LogP contribution in [-0.4, -0.2) is 46.8 Å². The van der Waals surface area contributed by atoms with Gasteiger partial charge in [0.1, 0.15) is 0 Å². The molecule has 9 heteroatoms. The Labute approximate surface area is 180 Å². The number of fused-ring (bicyclic) bond motifs is 1. The third-order valence-corrected chi connectivity index (χ3v) is 7.22. The zero-order valence-electron chi connectivity index (χ0n) is 17.3. The van der Waals surface area contributed by atoms with E-state index in [0.717, 1.165) is 49.1 Å². The predicted molar refractivity (Wildman–Crippen MR) is 118 cm³/mol. The van der Waals surface area contributed by atoms with E-state index in [0.29, 0.717) is 10.7 Å². The van der Waals surface area contributed by atoms with Gasteiger partial charge in [-0.25, -0.2) is 13.2 Å². The molecule has 1 aliphatic heterocycles. The number of sulfone groups is 1. The van der Waals surface area contributed by atoms with Crippen LogP contribution in [0.15, 0.2) is 40.2 Å². The highest BCUT2D eigenvalue weighted by Crippen LogP contribution is 2.32. The van der Waals surface area contributed by atoms with E-state index in [2.05, 4.69) is 16.0 Å². The van der Waals surface area contributed by atoms with E-state index in [1.54, 1.807) is 23.2 Å². The molecule has 0 aliphatic carbocycles. The van der Waals surface area contributed by atoms with Crippen molar-refractivity contribution in [2.75, 3.05) is 19.3 Å². The van der Waals surface area contributed by atoms with Gasteiger partial charge >= 0.3 is 5.69 Å². The van der Waals surface area contributed by atoms with Crippen molar-refractivity contribution in [2.24, 2.45) is 14.1 Å². The molecule has 30 heavy (non-hydrogen) atoms. The van der Waals surface area contributed by atoms with Gasteiger partial charge in [-0.2, -0.15) is 0 Å². The second-order valence-corrected chi connectivity index (χ2v) is 10.5. The molecule has 0 bridgehead atoms. The molecule has 1 saturated heterocycles. The molecule has 160 valence electrons. The first kappa shape index (κ1) is 21.1. The lowest BCUT2D eigenvalue weighted by Gasteiger charge is -2.33. The molecule has 1 aromatic carbocycles. The predicted octanol–water partition coefficient (Wildman–Crippen LogP) is 2.71. The van der Waals surface area contributed by atoms with E-state index < -0.39 is 9.84 Å². The molecular weight excluding hydrogens is 424 g/mol. The monoisotopic (exact) mass is 448 g/mol. The van der Waals surface area contributed by atoms with Crippen molar-refractivity contribution in [3.63, 3.8) is 0 Å². The van der Waals surface area contributed by atoms with Crippen molar-refractivity contribution >= 4 is 32.5 Å². The van der Waals surface area contributed by atoms with E-state index in [-0.39, 0.29) is 16.5 Å². The minimum atomic E-state index is -3.41. The fourth-order valence-electron chi connectivity index (χ4n) is 4.37. The lowest BCUT2D eigenvalue weighted by atomic mass is 9.94. The maximum Gasteiger partial charge on any atom is 0.328 e. The Kier molecular flexibility index (Phi) is 5.50. The van der Waals surface area contributed by atoms with Gasteiger partial charge in [-0.05, 0) is 43.1 Å². The average molecular weight is 449 g/mol. The molecule has 0 saturated carbocycles. The quantitative estimate of drug-likeness (QED) is 0.613. The van der Waals surface area contributed by atoms with E-state index >= 15 is 0 Å². The van der Waals surface area contributed by atoms with Crippen molar-refractivity contribution in [3.8, 4) is 0 Å². The average Bonchev–Trinajstić information content (AvgIpc) is 2.91. The van der Waals surface area contributed by atoms with Crippen LogP contribution in [0.3, 0.4) is 0 Å². The lowest BCUT2D eigenvalue weighted by molar-refractivity contribution is 0.197. The molecule has 1 atom stereocenters. The van der Waals surface area contributed by atoms with E-state index in [4.69, 9.17) is 11.6 Å². The molecule has 0 amide bonds. The second kappa shape index (κ2) is 7.83. The van der Waals surface area contributed by atoms with Crippen LogP contribution in [-0.2, 0) is 30.5 Å². The number of aryl methyl sites for hydroxylation is 2. The first-order valence-corrected chi connectivity index (χ1v) is 12.1. The van der Waals surface area contributed by atoms with Crippen molar-refractivity contribution in [1.29, 1.82) is 0 Å². The summed E-state index contributed by atoms with van der Waals surface area (Å²) in [5, 5.41) is 0.327. The normalized spacial score (nSPS) is 18.2. The number of halogens is 1. The third-order valence-electron chi connectivity index (χ3n) is 5.88. The fraction of sp³-hybridized carbons (Fsp3) is 0.429. The van der Waals surface area contributed by atoms with E-state index in [1.165, 1.54) is 18.5 Å². The SMILES string of the molecule is Cn1c(=O)n(C)c2cc(CN3CCCC(c4ncc(Cl)cc4S(C)(=O)=O)C3)ccc21. The Hall–Kier alpha value is -2.16. The summed E-state index contributed by atoms with van der Waals surface area (Å²) in [6, 6.07) is 7.59. The molecule has 1 unspecified atom stereocenters. The number of rotatable bonds is 4. The Morgan fingerprint density at radius 1 is 1.17 bits per heavy atom. The summed E-state index contributed by atoms with van der Waals surface area (Å²) < 4.78 is 27.8. The summed E-state index contributed by atoms with van der Waals surface area (Å²) in [6.45, 7) is 2.39. The van der Waals surface area contributed by atoms with Gasteiger partial charge in [-0.15, -0.1) is 0 Å². The molecule has 0 N–H and O–H groups in total. The molecule has 0 radical (unpaired) electrons. The number of benzene rings is 1. The van der Waals surface area contributed by atoms with Crippen LogP contribution in [0.2, 0.25) is 5.02 Å². The molecule has 7 nitrogen and oxygen atoms in total. The number of hydrogen-bond acceptors (Lipinski definition) is 5. The summed E-state index contributed by atoms with van der Waals surface area (Å²) in [5.74, 6) is 0.0329. The topological polar surface area (TPSA) is 77.2 Å². The van der Waals surface area contributed by atoms with Gasteiger partial charge in [0.25, 0.3) is 0 Å². The number of imidazole rings is 1. The Bertz CT molecular complexity index is 1280. The Morgan fingerprint density at radius 3 is 2.63 bits per heavy atom. The van der Waals surface area contributed by atoms with Crippen molar-refractivity contribution in [2.45, 2.75) is 30.2 Å². The Morgan fingerprint density at radius 2 is 1.90 bits per heavy atom. The Balaban J connectivity index is 1.59. The number of piperidine rings is 1. The molecule has 3 heterocycles. The van der Waals surface area contributed by atoms with Crippen LogP contribution in [0.4, 0.5) is 0 Å².